The molecule has 26 heavy (non-hydrogen) atoms. The second-order valence-electron chi connectivity index (χ2n) is 6.92. The molecule has 7 heteroatoms. The van der Waals surface area contributed by atoms with Gasteiger partial charge in [0.2, 0.25) is 0 Å². The minimum Gasteiger partial charge on any atom is -0.484 e. The number of likely N-dealkylation sites (N-methyl/N-ethyl adjacent to an activating group) is 1. The van der Waals surface area contributed by atoms with Gasteiger partial charge in [0.15, 0.2) is 6.61 Å². The van der Waals surface area contributed by atoms with E-state index in [1.54, 1.807) is 22.8 Å². The van der Waals surface area contributed by atoms with Crippen LogP contribution in [0.15, 0.2) is 23.0 Å². The zero-order valence-corrected chi connectivity index (χ0v) is 15.5. The molecule has 1 aromatic carbocycles. The highest BCUT2D eigenvalue weighted by Crippen LogP contribution is 2.19. The molecule has 140 valence electrons. The highest BCUT2D eigenvalue weighted by Gasteiger charge is 2.14. The third kappa shape index (κ3) is 4.40. The smallest absolute Gasteiger partial charge is 0.261 e. The minimum atomic E-state index is -0.177. The van der Waals surface area contributed by atoms with Crippen molar-refractivity contribution in [3.63, 3.8) is 0 Å². The van der Waals surface area contributed by atoms with Crippen LogP contribution in [0.25, 0.3) is 10.9 Å². The Morgan fingerprint density at radius 2 is 2.15 bits per heavy atom. The van der Waals surface area contributed by atoms with Gasteiger partial charge in [-0.05, 0) is 45.1 Å². The van der Waals surface area contributed by atoms with E-state index < -0.39 is 0 Å². The number of carbonyl (C=O) groups excluding carboxylic acids is 1. The number of nitrogens with zero attached hydrogens (tertiary/aromatic N) is 3. The topological polar surface area (TPSA) is 76.5 Å². The van der Waals surface area contributed by atoms with Gasteiger partial charge in [0.05, 0.1) is 10.9 Å². The normalized spacial score (nSPS) is 14.1. The van der Waals surface area contributed by atoms with Gasteiger partial charge < -0.3 is 15.0 Å². The summed E-state index contributed by atoms with van der Waals surface area (Å²) >= 11 is 0. The monoisotopic (exact) mass is 358 g/mol. The van der Waals surface area contributed by atoms with Crippen LogP contribution in [0, 0.1) is 0 Å². The molecule has 1 N–H and O–H groups in total. The van der Waals surface area contributed by atoms with Crippen molar-refractivity contribution >= 4 is 16.8 Å². The number of aromatic nitrogens is 2. The highest BCUT2D eigenvalue weighted by atomic mass is 16.5. The van der Waals surface area contributed by atoms with E-state index in [0.717, 1.165) is 44.6 Å². The quantitative estimate of drug-likeness (QED) is 0.839. The van der Waals surface area contributed by atoms with Gasteiger partial charge in [-0.15, -0.1) is 0 Å². The Balaban J connectivity index is 1.72. The van der Waals surface area contributed by atoms with Crippen LogP contribution in [0.4, 0.5) is 0 Å². The lowest BCUT2D eigenvalue weighted by Gasteiger charge is -2.12. The van der Waals surface area contributed by atoms with Crippen molar-refractivity contribution in [1.29, 1.82) is 0 Å². The van der Waals surface area contributed by atoms with Gasteiger partial charge in [-0.3, -0.25) is 14.2 Å². The Bertz CT molecular complexity index is 845. The van der Waals surface area contributed by atoms with E-state index in [9.17, 15) is 9.59 Å². The molecule has 0 spiro atoms. The number of benzene rings is 1. The Morgan fingerprint density at radius 1 is 1.31 bits per heavy atom. The standard InChI is InChI=1S/C19H26N4O3/c1-22(2)11-9-20-18(24)13-26-14-7-8-16-15(12-14)19(25)23-10-5-3-4-6-17(23)21-16/h7-8,12H,3-6,9-11,13H2,1-2H3,(H,20,24). The number of carbonyl (C=O) groups is 1. The number of ether oxygens (including phenoxy) is 1. The van der Waals surface area contributed by atoms with Gasteiger partial charge in [-0.1, -0.05) is 6.42 Å². The maximum atomic E-state index is 12.8. The first-order valence-corrected chi connectivity index (χ1v) is 9.12. The van der Waals surface area contributed by atoms with Crippen LogP contribution in [0.5, 0.6) is 5.75 Å². The fourth-order valence-electron chi connectivity index (χ4n) is 3.11. The van der Waals surface area contributed by atoms with Crippen molar-refractivity contribution in [2.45, 2.75) is 32.2 Å². The number of hydrogen-bond acceptors (Lipinski definition) is 5. The Morgan fingerprint density at radius 3 is 2.96 bits per heavy atom. The lowest BCUT2D eigenvalue weighted by Crippen LogP contribution is -2.34. The van der Waals surface area contributed by atoms with Crippen LogP contribution in [-0.4, -0.2) is 54.1 Å². The third-order valence-electron chi connectivity index (χ3n) is 4.54. The summed E-state index contributed by atoms with van der Waals surface area (Å²) < 4.78 is 7.34. The van der Waals surface area contributed by atoms with Gasteiger partial charge in [-0.2, -0.15) is 0 Å². The summed E-state index contributed by atoms with van der Waals surface area (Å²) in [5.41, 5.74) is 0.665. The average Bonchev–Trinajstić information content (AvgIpc) is 2.86. The minimum absolute atomic E-state index is 0.0206. The molecular weight excluding hydrogens is 332 g/mol. The number of fused-ring (bicyclic) bond motifs is 2. The van der Waals surface area contributed by atoms with Gasteiger partial charge in [0.1, 0.15) is 11.6 Å². The molecule has 0 atom stereocenters. The molecule has 0 saturated heterocycles. The zero-order valence-electron chi connectivity index (χ0n) is 15.5. The molecule has 0 fully saturated rings. The Hall–Kier alpha value is -2.41. The molecular formula is C19H26N4O3. The van der Waals surface area contributed by atoms with Crippen molar-refractivity contribution in [3.8, 4) is 5.75 Å². The Kier molecular flexibility index (Phi) is 5.88. The molecule has 2 heterocycles. The molecule has 1 aliphatic heterocycles. The second-order valence-corrected chi connectivity index (χ2v) is 6.92. The first-order valence-electron chi connectivity index (χ1n) is 9.12. The van der Waals surface area contributed by atoms with E-state index in [-0.39, 0.29) is 18.1 Å². The van der Waals surface area contributed by atoms with Crippen LogP contribution in [0.3, 0.4) is 0 Å². The molecule has 0 saturated carbocycles. The van der Waals surface area contributed by atoms with Crippen LogP contribution in [0.2, 0.25) is 0 Å². The summed E-state index contributed by atoms with van der Waals surface area (Å²) in [6, 6.07) is 5.24. The van der Waals surface area contributed by atoms with Crippen LogP contribution >= 0.6 is 0 Å². The molecule has 0 bridgehead atoms. The van der Waals surface area contributed by atoms with Crippen molar-refractivity contribution < 1.29 is 9.53 Å². The maximum absolute atomic E-state index is 12.8. The van der Waals surface area contributed by atoms with Crippen molar-refractivity contribution in [2.24, 2.45) is 0 Å². The van der Waals surface area contributed by atoms with Gasteiger partial charge in [0.25, 0.3) is 11.5 Å². The molecule has 2 aromatic rings. The molecule has 3 rings (SSSR count). The molecule has 0 aliphatic carbocycles. The van der Waals surface area contributed by atoms with E-state index in [0.29, 0.717) is 23.2 Å². The van der Waals surface area contributed by atoms with Crippen LogP contribution < -0.4 is 15.6 Å². The number of aryl methyl sites for hydroxylation is 1. The van der Waals surface area contributed by atoms with Crippen molar-refractivity contribution in [1.82, 2.24) is 19.8 Å². The van der Waals surface area contributed by atoms with E-state index in [1.807, 2.05) is 19.0 Å². The lowest BCUT2D eigenvalue weighted by atomic mass is 10.2. The fourth-order valence-corrected chi connectivity index (χ4v) is 3.11. The summed E-state index contributed by atoms with van der Waals surface area (Å²) in [7, 11) is 3.90. The lowest BCUT2D eigenvalue weighted by molar-refractivity contribution is -0.123. The van der Waals surface area contributed by atoms with E-state index >= 15 is 0 Å². The number of hydrogen-bond donors (Lipinski definition) is 1. The molecule has 1 amide bonds. The predicted octanol–water partition coefficient (Wildman–Crippen LogP) is 1.18. The third-order valence-corrected chi connectivity index (χ3v) is 4.54. The van der Waals surface area contributed by atoms with E-state index in [4.69, 9.17) is 4.74 Å². The van der Waals surface area contributed by atoms with E-state index in [2.05, 4.69) is 10.3 Å². The molecule has 7 nitrogen and oxygen atoms in total. The summed E-state index contributed by atoms with van der Waals surface area (Å²) in [5.74, 6) is 1.20. The molecule has 0 unspecified atom stereocenters. The van der Waals surface area contributed by atoms with Gasteiger partial charge in [-0.25, -0.2) is 4.98 Å². The SMILES string of the molecule is CN(C)CCNC(=O)COc1ccc2nc3n(c(=O)c2c1)CCCCC3. The number of nitrogens with one attached hydrogen (secondary N) is 1. The van der Waals surface area contributed by atoms with Crippen molar-refractivity contribution in [2.75, 3.05) is 33.8 Å². The number of rotatable bonds is 6. The fraction of sp³-hybridized carbons (Fsp3) is 0.526. The zero-order chi connectivity index (χ0) is 18.5. The summed E-state index contributed by atoms with van der Waals surface area (Å²) in [6.07, 6.45) is 4.04. The van der Waals surface area contributed by atoms with Gasteiger partial charge in [0, 0.05) is 26.1 Å². The van der Waals surface area contributed by atoms with Crippen LogP contribution in [-0.2, 0) is 17.8 Å². The van der Waals surface area contributed by atoms with Gasteiger partial charge >= 0.3 is 0 Å². The van der Waals surface area contributed by atoms with Crippen LogP contribution in [0.1, 0.15) is 25.1 Å². The highest BCUT2D eigenvalue weighted by molar-refractivity contribution is 5.80. The maximum Gasteiger partial charge on any atom is 0.261 e. The molecule has 1 aliphatic rings. The number of amides is 1. The Labute approximate surface area is 153 Å². The second kappa shape index (κ2) is 8.31. The average molecular weight is 358 g/mol. The summed E-state index contributed by atoms with van der Waals surface area (Å²) in [6.45, 7) is 1.99. The first-order chi connectivity index (χ1) is 12.5. The molecule has 1 aromatic heterocycles. The van der Waals surface area contributed by atoms with Crippen molar-refractivity contribution in [3.05, 3.63) is 34.4 Å². The predicted molar refractivity (Wildman–Crippen MR) is 101 cm³/mol. The summed E-state index contributed by atoms with van der Waals surface area (Å²) in [4.78, 5) is 31.3. The summed E-state index contributed by atoms with van der Waals surface area (Å²) in [5, 5.41) is 3.34. The molecule has 0 radical (unpaired) electrons. The largest absolute Gasteiger partial charge is 0.484 e. The first kappa shape index (κ1) is 18.4. The van der Waals surface area contributed by atoms with E-state index in [1.165, 1.54) is 0 Å².